The van der Waals surface area contributed by atoms with Gasteiger partial charge in [-0.25, -0.2) is 4.98 Å². The number of amides is 1. The summed E-state index contributed by atoms with van der Waals surface area (Å²) in [7, 11) is 0. The van der Waals surface area contributed by atoms with Crippen molar-refractivity contribution in [3.63, 3.8) is 0 Å². The molecule has 8 heteroatoms. The third-order valence-corrected chi connectivity index (χ3v) is 4.28. The molecule has 0 radical (unpaired) electrons. The van der Waals surface area contributed by atoms with Gasteiger partial charge in [0.1, 0.15) is 22.9 Å². The number of hydrogen-bond acceptors (Lipinski definition) is 4. The first-order valence-electron chi connectivity index (χ1n) is 7.52. The van der Waals surface area contributed by atoms with Crippen molar-refractivity contribution in [2.75, 3.05) is 5.32 Å². The zero-order chi connectivity index (χ0) is 18.6. The summed E-state index contributed by atoms with van der Waals surface area (Å²) in [5, 5.41) is 4.23. The van der Waals surface area contributed by atoms with Gasteiger partial charge >= 0.3 is 6.18 Å². The molecule has 0 aliphatic heterocycles. The molecule has 0 fully saturated rings. The molecule has 0 aliphatic rings. The van der Waals surface area contributed by atoms with E-state index in [2.05, 4.69) is 10.3 Å². The highest BCUT2D eigenvalue weighted by molar-refractivity contribution is 7.12. The highest BCUT2D eigenvalue weighted by Crippen LogP contribution is 2.29. The Hall–Kier alpha value is -2.87. The molecule has 0 saturated heterocycles. The quantitative estimate of drug-likeness (QED) is 0.680. The molecular weight excluding hydrogens is 365 g/mol. The number of benzene rings is 1. The fourth-order valence-electron chi connectivity index (χ4n) is 2.14. The normalized spacial score (nSPS) is 11.2. The number of pyridine rings is 1. The van der Waals surface area contributed by atoms with Crippen molar-refractivity contribution < 1.29 is 22.7 Å². The number of carbonyl (C=O) groups is 1. The van der Waals surface area contributed by atoms with Gasteiger partial charge in [-0.2, -0.15) is 13.2 Å². The average molecular weight is 378 g/mol. The summed E-state index contributed by atoms with van der Waals surface area (Å²) in [6.07, 6.45) is -3.55. The molecule has 3 aromatic rings. The maximum absolute atomic E-state index is 12.5. The van der Waals surface area contributed by atoms with Crippen LogP contribution in [-0.2, 0) is 12.8 Å². The zero-order valence-corrected chi connectivity index (χ0v) is 14.1. The lowest BCUT2D eigenvalue weighted by Gasteiger charge is -2.09. The first kappa shape index (κ1) is 17.9. The van der Waals surface area contributed by atoms with Gasteiger partial charge in [-0.3, -0.25) is 4.79 Å². The molecule has 3 rings (SSSR count). The van der Waals surface area contributed by atoms with E-state index in [1.54, 1.807) is 11.4 Å². The Labute approximate surface area is 151 Å². The van der Waals surface area contributed by atoms with Crippen LogP contribution in [0.25, 0.3) is 0 Å². The van der Waals surface area contributed by atoms with Gasteiger partial charge in [0, 0.05) is 0 Å². The topological polar surface area (TPSA) is 51.2 Å². The first-order valence-corrected chi connectivity index (χ1v) is 8.40. The summed E-state index contributed by atoms with van der Waals surface area (Å²) in [5.74, 6) is -0.0548. The van der Waals surface area contributed by atoms with Gasteiger partial charge in [0.25, 0.3) is 5.91 Å². The number of nitrogens with zero attached hydrogens (tertiary/aromatic N) is 1. The number of alkyl halides is 3. The smallest absolute Gasteiger partial charge is 0.433 e. The summed E-state index contributed by atoms with van der Waals surface area (Å²) in [4.78, 5) is 16.0. The van der Waals surface area contributed by atoms with E-state index >= 15 is 0 Å². The van der Waals surface area contributed by atoms with Crippen LogP contribution in [0.4, 0.5) is 18.9 Å². The predicted molar refractivity (Wildman–Crippen MR) is 92.3 cm³/mol. The maximum Gasteiger partial charge on any atom is 0.433 e. The van der Waals surface area contributed by atoms with E-state index in [0.717, 1.165) is 23.9 Å². The second-order valence-electron chi connectivity index (χ2n) is 5.27. The van der Waals surface area contributed by atoms with Gasteiger partial charge in [0.15, 0.2) is 0 Å². The Bertz CT molecular complexity index is 877. The molecule has 0 atom stereocenters. The predicted octanol–water partition coefficient (Wildman–Crippen LogP) is 4.99. The zero-order valence-electron chi connectivity index (χ0n) is 13.3. The largest absolute Gasteiger partial charge is 0.487 e. The standard InChI is InChI=1S/C18H13F3N2O2S/c19-18(20,21)15-7-6-13(10-22-15)23-17(24)16-14(8-9-26-16)25-11-12-4-2-1-3-5-12/h1-10H,11H2,(H,23,24). The third kappa shape index (κ3) is 4.40. The summed E-state index contributed by atoms with van der Waals surface area (Å²) >= 11 is 1.18. The fraction of sp³-hybridized carbons (Fsp3) is 0.111. The molecule has 0 bridgehead atoms. The Kier molecular flexibility index (Phi) is 5.22. The number of carbonyl (C=O) groups excluding carboxylic acids is 1. The van der Waals surface area contributed by atoms with Crippen molar-refractivity contribution in [1.82, 2.24) is 4.98 Å². The van der Waals surface area contributed by atoms with E-state index in [4.69, 9.17) is 4.74 Å². The molecule has 1 amide bonds. The highest BCUT2D eigenvalue weighted by Gasteiger charge is 2.32. The minimum atomic E-state index is -4.52. The number of aromatic nitrogens is 1. The van der Waals surface area contributed by atoms with Gasteiger partial charge in [-0.05, 0) is 29.1 Å². The van der Waals surface area contributed by atoms with Crippen molar-refractivity contribution in [3.8, 4) is 5.75 Å². The van der Waals surface area contributed by atoms with E-state index in [1.807, 2.05) is 30.3 Å². The maximum atomic E-state index is 12.5. The monoisotopic (exact) mass is 378 g/mol. The van der Waals surface area contributed by atoms with Crippen LogP contribution in [0.5, 0.6) is 5.75 Å². The van der Waals surface area contributed by atoms with Crippen molar-refractivity contribution in [3.05, 3.63) is 76.2 Å². The summed E-state index contributed by atoms with van der Waals surface area (Å²) in [6, 6.07) is 13.1. The molecule has 1 N–H and O–H groups in total. The molecule has 1 aromatic carbocycles. The molecule has 134 valence electrons. The summed E-state index contributed by atoms with van der Waals surface area (Å²) in [6.45, 7) is 0.305. The number of nitrogens with one attached hydrogen (secondary N) is 1. The number of rotatable bonds is 5. The van der Waals surface area contributed by atoms with Gasteiger partial charge in [0.05, 0.1) is 11.9 Å². The van der Waals surface area contributed by atoms with E-state index in [9.17, 15) is 18.0 Å². The molecule has 0 spiro atoms. The van der Waals surface area contributed by atoms with Crippen LogP contribution in [0, 0.1) is 0 Å². The minimum Gasteiger partial charge on any atom is -0.487 e. The second kappa shape index (κ2) is 7.57. The number of anilines is 1. The fourth-order valence-corrected chi connectivity index (χ4v) is 2.86. The van der Waals surface area contributed by atoms with Crippen LogP contribution in [0.15, 0.2) is 60.1 Å². The molecule has 2 heterocycles. The lowest BCUT2D eigenvalue weighted by atomic mass is 10.2. The molecule has 2 aromatic heterocycles. The highest BCUT2D eigenvalue weighted by atomic mass is 32.1. The number of hydrogen-bond donors (Lipinski definition) is 1. The van der Waals surface area contributed by atoms with Crippen molar-refractivity contribution in [1.29, 1.82) is 0 Å². The lowest BCUT2D eigenvalue weighted by molar-refractivity contribution is -0.141. The van der Waals surface area contributed by atoms with Crippen LogP contribution >= 0.6 is 11.3 Å². The summed E-state index contributed by atoms with van der Waals surface area (Å²) < 4.78 is 43.2. The number of thiophene rings is 1. The second-order valence-corrected chi connectivity index (χ2v) is 6.19. The van der Waals surface area contributed by atoms with Crippen molar-refractivity contribution in [2.24, 2.45) is 0 Å². The van der Waals surface area contributed by atoms with E-state index in [1.165, 1.54) is 11.3 Å². The lowest BCUT2D eigenvalue weighted by Crippen LogP contribution is -2.13. The molecule has 0 unspecified atom stereocenters. The van der Waals surface area contributed by atoms with Crippen LogP contribution in [-0.4, -0.2) is 10.9 Å². The van der Waals surface area contributed by atoms with Crippen LogP contribution in [0.3, 0.4) is 0 Å². The Morgan fingerprint density at radius 3 is 2.54 bits per heavy atom. The van der Waals surface area contributed by atoms with Crippen LogP contribution in [0.2, 0.25) is 0 Å². The minimum absolute atomic E-state index is 0.172. The van der Waals surface area contributed by atoms with E-state index < -0.39 is 17.8 Å². The third-order valence-electron chi connectivity index (χ3n) is 3.38. The Morgan fingerprint density at radius 2 is 1.88 bits per heavy atom. The molecule has 4 nitrogen and oxygen atoms in total. The summed E-state index contributed by atoms with van der Waals surface area (Å²) in [5.41, 5.74) is 0.112. The van der Waals surface area contributed by atoms with Crippen molar-refractivity contribution in [2.45, 2.75) is 12.8 Å². The van der Waals surface area contributed by atoms with E-state index in [-0.39, 0.29) is 5.69 Å². The SMILES string of the molecule is O=C(Nc1ccc(C(F)(F)F)nc1)c1sccc1OCc1ccccc1. The average Bonchev–Trinajstić information content (AvgIpc) is 3.09. The Morgan fingerprint density at radius 1 is 1.12 bits per heavy atom. The molecule has 0 aliphatic carbocycles. The first-order chi connectivity index (χ1) is 12.4. The number of halogens is 3. The van der Waals surface area contributed by atoms with E-state index in [0.29, 0.717) is 17.2 Å². The van der Waals surface area contributed by atoms with Crippen LogP contribution in [0.1, 0.15) is 20.9 Å². The Balaban J connectivity index is 1.66. The molecule has 0 saturated carbocycles. The number of ether oxygens (including phenoxy) is 1. The van der Waals surface area contributed by atoms with Gasteiger partial charge in [-0.15, -0.1) is 11.3 Å². The van der Waals surface area contributed by atoms with Gasteiger partial charge in [-0.1, -0.05) is 30.3 Å². The van der Waals surface area contributed by atoms with Crippen molar-refractivity contribution >= 4 is 22.9 Å². The molecule has 26 heavy (non-hydrogen) atoms. The van der Waals surface area contributed by atoms with Crippen LogP contribution < -0.4 is 10.1 Å². The molecular formula is C18H13F3N2O2S. The van der Waals surface area contributed by atoms with Gasteiger partial charge in [0.2, 0.25) is 0 Å². The van der Waals surface area contributed by atoms with Gasteiger partial charge < -0.3 is 10.1 Å².